The largest absolute Gasteiger partial charge is 0.505 e. The lowest BCUT2D eigenvalue weighted by molar-refractivity contribution is 0.349. The first-order chi connectivity index (χ1) is 16.0. The maximum absolute atomic E-state index is 11.2. The van der Waals surface area contributed by atoms with E-state index in [4.69, 9.17) is 25.8 Å². The molecule has 7 nitrogen and oxygen atoms in total. The summed E-state index contributed by atoms with van der Waals surface area (Å²) in [6.45, 7) is 1.94. The van der Waals surface area contributed by atoms with Gasteiger partial charge in [0.2, 0.25) is 0 Å². The summed E-state index contributed by atoms with van der Waals surface area (Å²) in [5.74, 6) is 2.12. The van der Waals surface area contributed by atoms with Crippen molar-refractivity contribution in [1.82, 2.24) is 9.97 Å². The fraction of sp³-hybridized carbons (Fsp3) is 0.200. The van der Waals surface area contributed by atoms with Crippen LogP contribution in [0.1, 0.15) is 22.7 Å². The van der Waals surface area contributed by atoms with Gasteiger partial charge in [-0.1, -0.05) is 41.9 Å². The third-order valence-electron chi connectivity index (χ3n) is 5.47. The molecule has 8 heteroatoms. The molecule has 1 atom stereocenters. The summed E-state index contributed by atoms with van der Waals surface area (Å²) in [6, 6.07) is 12.4. The number of nitrogens with one attached hydrogen (secondary N) is 1. The van der Waals surface area contributed by atoms with Crippen LogP contribution in [0.3, 0.4) is 0 Å². The number of ether oxygens (including phenoxy) is 3. The molecule has 0 saturated carbocycles. The third kappa shape index (κ3) is 4.19. The zero-order chi connectivity index (χ0) is 23.5. The van der Waals surface area contributed by atoms with Crippen molar-refractivity contribution in [2.75, 3.05) is 26.6 Å². The molecule has 2 aromatic heterocycles. The second-order valence-electron chi connectivity index (χ2n) is 7.40. The smallest absolute Gasteiger partial charge is 0.169 e. The van der Waals surface area contributed by atoms with Gasteiger partial charge in [-0.3, -0.25) is 4.98 Å². The SMILES string of the molecule is COc1cc(Cl)cnc1NC(c1ccc(C)c(OC)c1OC)c1ccc2cccnc2c1O. The lowest BCUT2D eigenvalue weighted by Crippen LogP contribution is -2.16. The molecule has 2 aromatic carbocycles. The van der Waals surface area contributed by atoms with Gasteiger partial charge in [-0.15, -0.1) is 0 Å². The number of pyridine rings is 2. The first-order valence-electron chi connectivity index (χ1n) is 10.2. The van der Waals surface area contributed by atoms with Gasteiger partial charge in [-0.25, -0.2) is 4.98 Å². The number of fused-ring (bicyclic) bond motifs is 1. The van der Waals surface area contributed by atoms with Crippen molar-refractivity contribution in [3.63, 3.8) is 0 Å². The number of phenolic OH excluding ortho intramolecular Hbond substituents is 1. The number of aromatic hydroxyl groups is 1. The van der Waals surface area contributed by atoms with E-state index in [2.05, 4.69) is 15.3 Å². The van der Waals surface area contributed by atoms with E-state index in [1.165, 1.54) is 6.20 Å². The average molecular weight is 466 g/mol. The summed E-state index contributed by atoms with van der Waals surface area (Å²) < 4.78 is 16.9. The van der Waals surface area contributed by atoms with Gasteiger partial charge in [-0.2, -0.15) is 0 Å². The van der Waals surface area contributed by atoms with Gasteiger partial charge in [-0.05, 0) is 18.6 Å². The number of methoxy groups -OCH3 is 3. The van der Waals surface area contributed by atoms with Crippen LogP contribution in [0.25, 0.3) is 10.9 Å². The predicted octanol–water partition coefficient (Wildman–Crippen LogP) is 5.52. The Morgan fingerprint density at radius 3 is 2.42 bits per heavy atom. The van der Waals surface area contributed by atoms with E-state index in [0.717, 1.165) is 16.5 Å². The van der Waals surface area contributed by atoms with Crippen LogP contribution in [0, 0.1) is 6.92 Å². The summed E-state index contributed by atoms with van der Waals surface area (Å²) in [5, 5.41) is 15.9. The number of phenols is 1. The molecule has 0 amide bonds. The van der Waals surface area contributed by atoms with E-state index in [1.807, 2.05) is 43.3 Å². The quantitative estimate of drug-likeness (QED) is 0.371. The van der Waals surface area contributed by atoms with E-state index >= 15 is 0 Å². The number of hydrogen-bond donors (Lipinski definition) is 2. The molecule has 0 saturated heterocycles. The van der Waals surface area contributed by atoms with Gasteiger partial charge in [0.1, 0.15) is 11.3 Å². The number of anilines is 1. The summed E-state index contributed by atoms with van der Waals surface area (Å²) in [5.41, 5.74) is 2.74. The standard InChI is InChI=1S/C25H24ClN3O4/c1-14-7-9-18(24(33-4)23(14)32-3)21(29-25-19(31-2)12-16(26)13-28-25)17-10-8-15-6-5-11-27-20(15)22(17)30/h5-13,21,30H,1-4H3,(H,28,29). The highest BCUT2D eigenvalue weighted by Gasteiger charge is 2.27. The van der Waals surface area contributed by atoms with Gasteiger partial charge < -0.3 is 24.6 Å². The topological polar surface area (TPSA) is 85.7 Å². The van der Waals surface area contributed by atoms with Crippen molar-refractivity contribution in [2.24, 2.45) is 0 Å². The predicted molar refractivity (Wildman–Crippen MR) is 129 cm³/mol. The lowest BCUT2D eigenvalue weighted by Gasteiger charge is -2.25. The van der Waals surface area contributed by atoms with Gasteiger partial charge in [0.05, 0.1) is 32.4 Å². The Labute approximate surface area is 196 Å². The monoisotopic (exact) mass is 465 g/mol. The molecule has 0 bridgehead atoms. The second-order valence-corrected chi connectivity index (χ2v) is 7.83. The number of aromatic nitrogens is 2. The molecule has 33 heavy (non-hydrogen) atoms. The Bertz CT molecular complexity index is 1310. The molecule has 4 aromatic rings. The van der Waals surface area contributed by atoms with Crippen molar-refractivity contribution >= 4 is 28.3 Å². The maximum atomic E-state index is 11.2. The van der Waals surface area contributed by atoms with Crippen LogP contribution < -0.4 is 19.5 Å². The third-order valence-corrected chi connectivity index (χ3v) is 5.68. The summed E-state index contributed by atoms with van der Waals surface area (Å²) in [4.78, 5) is 8.78. The minimum Gasteiger partial charge on any atom is -0.505 e. The highest BCUT2D eigenvalue weighted by Crippen LogP contribution is 2.44. The molecular weight excluding hydrogens is 442 g/mol. The number of nitrogens with zero attached hydrogens (tertiary/aromatic N) is 2. The zero-order valence-electron chi connectivity index (χ0n) is 18.7. The van der Waals surface area contributed by atoms with Crippen molar-refractivity contribution in [1.29, 1.82) is 0 Å². The summed E-state index contributed by atoms with van der Waals surface area (Å²) in [6.07, 6.45) is 3.17. The van der Waals surface area contributed by atoms with E-state index in [0.29, 0.717) is 39.2 Å². The first-order valence-corrected chi connectivity index (χ1v) is 10.6. The number of aryl methyl sites for hydroxylation is 1. The number of benzene rings is 2. The van der Waals surface area contributed by atoms with Crippen molar-refractivity contribution in [3.8, 4) is 23.0 Å². The molecule has 4 rings (SSSR count). The zero-order valence-corrected chi connectivity index (χ0v) is 19.5. The van der Waals surface area contributed by atoms with Crippen LogP contribution in [0.15, 0.2) is 54.9 Å². The van der Waals surface area contributed by atoms with Crippen molar-refractivity contribution in [2.45, 2.75) is 13.0 Å². The molecule has 0 radical (unpaired) electrons. The molecule has 0 spiro atoms. The number of halogens is 1. The fourth-order valence-corrected chi connectivity index (χ4v) is 4.04. The summed E-state index contributed by atoms with van der Waals surface area (Å²) >= 11 is 6.11. The maximum Gasteiger partial charge on any atom is 0.169 e. The van der Waals surface area contributed by atoms with Crippen LogP contribution >= 0.6 is 11.6 Å². The fourth-order valence-electron chi connectivity index (χ4n) is 3.89. The molecule has 2 heterocycles. The van der Waals surface area contributed by atoms with E-state index < -0.39 is 6.04 Å². The Hall–Kier alpha value is -3.71. The molecule has 0 aliphatic carbocycles. The molecule has 2 N–H and O–H groups in total. The Kier molecular flexibility index (Phi) is 6.42. The highest BCUT2D eigenvalue weighted by atomic mass is 35.5. The molecule has 0 aliphatic heterocycles. The molecule has 1 unspecified atom stereocenters. The molecule has 0 aliphatic rings. The minimum atomic E-state index is -0.580. The van der Waals surface area contributed by atoms with Crippen LogP contribution in [-0.2, 0) is 0 Å². The van der Waals surface area contributed by atoms with Crippen LogP contribution in [0.2, 0.25) is 5.02 Å². The second kappa shape index (κ2) is 9.42. The van der Waals surface area contributed by atoms with E-state index in [-0.39, 0.29) is 5.75 Å². The van der Waals surface area contributed by atoms with Gasteiger partial charge in [0.25, 0.3) is 0 Å². The molecular formula is C25H24ClN3O4. The van der Waals surface area contributed by atoms with Gasteiger partial charge in [0.15, 0.2) is 23.1 Å². The highest BCUT2D eigenvalue weighted by molar-refractivity contribution is 6.30. The van der Waals surface area contributed by atoms with E-state index in [1.54, 1.807) is 33.6 Å². The average Bonchev–Trinajstić information content (AvgIpc) is 2.84. The number of hydrogen-bond acceptors (Lipinski definition) is 7. The van der Waals surface area contributed by atoms with Crippen molar-refractivity contribution < 1.29 is 19.3 Å². The number of rotatable bonds is 7. The Balaban J connectivity index is 1.96. The normalized spacial score (nSPS) is 11.8. The minimum absolute atomic E-state index is 0.0557. The van der Waals surface area contributed by atoms with E-state index in [9.17, 15) is 5.11 Å². The van der Waals surface area contributed by atoms with Gasteiger partial charge in [0, 0.05) is 35.0 Å². The molecule has 0 fully saturated rings. The summed E-state index contributed by atoms with van der Waals surface area (Å²) in [7, 11) is 4.72. The van der Waals surface area contributed by atoms with Crippen LogP contribution in [-0.4, -0.2) is 36.4 Å². The van der Waals surface area contributed by atoms with Crippen LogP contribution in [0.4, 0.5) is 5.82 Å². The molecule has 170 valence electrons. The lowest BCUT2D eigenvalue weighted by atomic mass is 9.94. The van der Waals surface area contributed by atoms with Crippen LogP contribution in [0.5, 0.6) is 23.0 Å². The first kappa shape index (κ1) is 22.5. The Morgan fingerprint density at radius 2 is 1.70 bits per heavy atom. The van der Waals surface area contributed by atoms with Crippen molar-refractivity contribution in [3.05, 3.63) is 76.6 Å². The Morgan fingerprint density at radius 1 is 0.939 bits per heavy atom. The van der Waals surface area contributed by atoms with Gasteiger partial charge >= 0.3 is 0 Å².